The molecular weight excluding hydrogens is 507 g/mol. The molecule has 2 N–H and O–H groups in total. The molecule has 2 aliphatic rings. The number of benzene rings is 2. The summed E-state index contributed by atoms with van der Waals surface area (Å²) >= 11 is 0. The Bertz CT molecular complexity index is 1280. The predicted octanol–water partition coefficient (Wildman–Crippen LogP) is 6.18. The summed E-state index contributed by atoms with van der Waals surface area (Å²) in [6.45, 7) is 5.48. The zero-order chi connectivity index (χ0) is 27.4. The van der Waals surface area contributed by atoms with Crippen molar-refractivity contribution in [3.05, 3.63) is 59.2 Å². The van der Waals surface area contributed by atoms with E-state index in [0.29, 0.717) is 29.1 Å². The average molecular weight is 540 g/mol. The van der Waals surface area contributed by atoms with Gasteiger partial charge in [0.25, 0.3) is 5.91 Å². The lowest BCUT2D eigenvalue weighted by atomic mass is 10.1. The molecule has 0 bridgehead atoms. The van der Waals surface area contributed by atoms with E-state index in [0.717, 1.165) is 69.6 Å². The van der Waals surface area contributed by atoms with Crippen molar-refractivity contribution in [2.75, 3.05) is 46.6 Å². The molecule has 2 aliphatic heterocycles. The van der Waals surface area contributed by atoms with Gasteiger partial charge < -0.3 is 20.4 Å². The molecule has 0 unspecified atom stereocenters. The summed E-state index contributed by atoms with van der Waals surface area (Å²) in [6.07, 6.45) is 2.27. The molecule has 3 heterocycles. The maximum Gasteiger partial charge on any atom is 0.416 e. The fourth-order valence-electron chi connectivity index (χ4n) is 4.88. The SMILES string of the molecule is Cc1ccc(C(=O)Nc2cccc(C(F)(F)F)c2)cc1Nc1nc(N2CCCCC2)nc(N2CCCCC2)n1. The molecule has 39 heavy (non-hydrogen) atoms. The van der Waals surface area contributed by atoms with E-state index in [-0.39, 0.29) is 5.69 Å². The van der Waals surface area contributed by atoms with E-state index in [1.54, 1.807) is 18.2 Å². The van der Waals surface area contributed by atoms with Gasteiger partial charge in [-0.2, -0.15) is 28.1 Å². The van der Waals surface area contributed by atoms with E-state index in [1.165, 1.54) is 25.0 Å². The molecule has 11 heteroatoms. The van der Waals surface area contributed by atoms with Crippen LogP contribution in [0.2, 0.25) is 0 Å². The lowest BCUT2D eigenvalue weighted by molar-refractivity contribution is -0.137. The molecule has 0 aliphatic carbocycles. The number of hydrogen-bond donors (Lipinski definition) is 2. The number of nitrogens with zero attached hydrogens (tertiary/aromatic N) is 5. The van der Waals surface area contributed by atoms with Crippen LogP contribution in [0.25, 0.3) is 0 Å². The Hall–Kier alpha value is -3.89. The third-order valence-electron chi connectivity index (χ3n) is 7.08. The number of anilines is 5. The summed E-state index contributed by atoms with van der Waals surface area (Å²) in [4.78, 5) is 31.6. The smallest absolute Gasteiger partial charge is 0.341 e. The number of halogens is 3. The number of carbonyl (C=O) groups is 1. The van der Waals surface area contributed by atoms with Crippen LogP contribution in [-0.4, -0.2) is 47.0 Å². The summed E-state index contributed by atoms with van der Waals surface area (Å²) in [5.74, 6) is 1.16. The highest BCUT2D eigenvalue weighted by molar-refractivity contribution is 6.05. The molecular formula is C28H32F3N7O. The first-order valence-corrected chi connectivity index (χ1v) is 13.4. The molecule has 1 aromatic heterocycles. The molecule has 0 saturated carbocycles. The lowest BCUT2D eigenvalue weighted by Crippen LogP contribution is -2.34. The van der Waals surface area contributed by atoms with E-state index in [1.807, 2.05) is 6.92 Å². The number of aryl methyl sites for hydroxylation is 1. The number of amides is 1. The molecule has 1 amide bonds. The third kappa shape index (κ3) is 6.58. The first-order chi connectivity index (χ1) is 18.8. The first-order valence-electron chi connectivity index (χ1n) is 13.4. The molecule has 206 valence electrons. The Morgan fingerprint density at radius 2 is 1.44 bits per heavy atom. The Balaban J connectivity index is 1.39. The number of hydrogen-bond acceptors (Lipinski definition) is 7. The Labute approximate surface area is 225 Å². The van der Waals surface area contributed by atoms with Crippen LogP contribution in [-0.2, 0) is 6.18 Å². The van der Waals surface area contributed by atoms with E-state index in [2.05, 4.69) is 20.4 Å². The van der Waals surface area contributed by atoms with Crippen molar-refractivity contribution < 1.29 is 18.0 Å². The highest BCUT2D eigenvalue weighted by Gasteiger charge is 2.30. The molecule has 2 fully saturated rings. The standard InChI is InChI=1S/C28H32F3N7O/c1-19-11-12-20(24(39)32-22-10-8-9-21(18-22)28(29,30)31)17-23(19)33-25-34-26(37-13-4-2-5-14-37)36-27(35-25)38-15-6-3-7-16-38/h8-12,17-18H,2-7,13-16H2,1H3,(H,32,39)(H,33,34,35,36). The fraction of sp³-hybridized carbons (Fsp3) is 0.429. The topological polar surface area (TPSA) is 86.3 Å². The number of aromatic nitrogens is 3. The quantitative estimate of drug-likeness (QED) is 0.387. The van der Waals surface area contributed by atoms with E-state index in [9.17, 15) is 18.0 Å². The van der Waals surface area contributed by atoms with Crippen LogP contribution in [0.1, 0.15) is 60.0 Å². The van der Waals surface area contributed by atoms with Crippen molar-refractivity contribution in [2.45, 2.75) is 51.6 Å². The first kappa shape index (κ1) is 26.7. The second kappa shape index (κ2) is 11.5. The summed E-state index contributed by atoms with van der Waals surface area (Å²) in [7, 11) is 0. The van der Waals surface area contributed by atoms with Gasteiger partial charge in [0.1, 0.15) is 0 Å². The maximum atomic E-state index is 13.1. The van der Waals surface area contributed by atoms with Gasteiger partial charge in [0, 0.05) is 43.1 Å². The van der Waals surface area contributed by atoms with Crippen LogP contribution < -0.4 is 20.4 Å². The molecule has 2 saturated heterocycles. The van der Waals surface area contributed by atoms with Crippen molar-refractivity contribution in [3.63, 3.8) is 0 Å². The largest absolute Gasteiger partial charge is 0.416 e. The summed E-state index contributed by atoms with van der Waals surface area (Å²) in [6, 6.07) is 9.64. The van der Waals surface area contributed by atoms with Gasteiger partial charge in [0.2, 0.25) is 17.8 Å². The minimum absolute atomic E-state index is 0.0692. The second-order valence-corrected chi connectivity index (χ2v) is 10.0. The highest BCUT2D eigenvalue weighted by Crippen LogP contribution is 2.31. The van der Waals surface area contributed by atoms with Crippen LogP contribution >= 0.6 is 0 Å². The number of nitrogens with one attached hydrogen (secondary N) is 2. The Morgan fingerprint density at radius 3 is 2.03 bits per heavy atom. The van der Waals surface area contributed by atoms with Crippen LogP contribution in [0, 0.1) is 6.92 Å². The van der Waals surface area contributed by atoms with E-state index < -0.39 is 17.6 Å². The lowest BCUT2D eigenvalue weighted by Gasteiger charge is -2.30. The molecule has 0 radical (unpaired) electrons. The number of alkyl halides is 3. The predicted molar refractivity (Wildman–Crippen MR) is 146 cm³/mol. The van der Waals surface area contributed by atoms with Crippen molar-refractivity contribution in [1.29, 1.82) is 0 Å². The molecule has 3 aromatic rings. The van der Waals surface area contributed by atoms with Crippen LogP contribution in [0.15, 0.2) is 42.5 Å². The van der Waals surface area contributed by atoms with Crippen molar-refractivity contribution in [2.24, 2.45) is 0 Å². The molecule has 2 aromatic carbocycles. The van der Waals surface area contributed by atoms with Crippen LogP contribution in [0.4, 0.5) is 42.4 Å². The van der Waals surface area contributed by atoms with Crippen LogP contribution in [0.3, 0.4) is 0 Å². The van der Waals surface area contributed by atoms with Gasteiger partial charge in [-0.15, -0.1) is 0 Å². The van der Waals surface area contributed by atoms with Crippen molar-refractivity contribution >= 4 is 35.1 Å². The van der Waals surface area contributed by atoms with Crippen molar-refractivity contribution in [1.82, 2.24) is 15.0 Å². The second-order valence-electron chi connectivity index (χ2n) is 10.0. The monoisotopic (exact) mass is 539 g/mol. The molecule has 0 spiro atoms. The Morgan fingerprint density at radius 1 is 0.821 bits per heavy atom. The number of rotatable bonds is 6. The third-order valence-corrected chi connectivity index (χ3v) is 7.08. The maximum absolute atomic E-state index is 13.1. The van der Waals surface area contributed by atoms with Gasteiger partial charge in [-0.05, 0) is 81.3 Å². The summed E-state index contributed by atoms with van der Waals surface area (Å²) in [5.41, 5.74) is 1.04. The van der Waals surface area contributed by atoms with Crippen LogP contribution in [0.5, 0.6) is 0 Å². The van der Waals surface area contributed by atoms with Gasteiger partial charge in [-0.1, -0.05) is 12.1 Å². The fourth-order valence-corrected chi connectivity index (χ4v) is 4.88. The van der Waals surface area contributed by atoms with E-state index >= 15 is 0 Å². The van der Waals surface area contributed by atoms with Gasteiger partial charge in [-0.25, -0.2) is 0 Å². The van der Waals surface area contributed by atoms with E-state index in [4.69, 9.17) is 15.0 Å². The zero-order valence-corrected chi connectivity index (χ0v) is 21.9. The Kier molecular flexibility index (Phi) is 7.85. The van der Waals surface area contributed by atoms with Gasteiger partial charge >= 0.3 is 6.18 Å². The number of carbonyl (C=O) groups excluding carboxylic acids is 1. The molecule has 5 rings (SSSR count). The van der Waals surface area contributed by atoms with Gasteiger partial charge in [-0.3, -0.25) is 4.79 Å². The average Bonchev–Trinajstić information content (AvgIpc) is 2.94. The van der Waals surface area contributed by atoms with Gasteiger partial charge in [0.15, 0.2) is 0 Å². The summed E-state index contributed by atoms with van der Waals surface area (Å²) < 4.78 is 39.3. The van der Waals surface area contributed by atoms with Gasteiger partial charge in [0.05, 0.1) is 5.56 Å². The van der Waals surface area contributed by atoms with Crippen molar-refractivity contribution in [3.8, 4) is 0 Å². The number of piperidine rings is 2. The summed E-state index contributed by atoms with van der Waals surface area (Å²) in [5, 5.41) is 5.84. The normalized spacial score (nSPS) is 16.2. The minimum atomic E-state index is -4.49. The minimum Gasteiger partial charge on any atom is -0.341 e. The molecule has 8 nitrogen and oxygen atoms in total. The zero-order valence-electron chi connectivity index (χ0n) is 21.9. The highest BCUT2D eigenvalue weighted by atomic mass is 19.4. The molecule has 0 atom stereocenters.